The predicted octanol–water partition coefficient (Wildman–Crippen LogP) is 3.44. The van der Waals surface area contributed by atoms with E-state index in [1.165, 1.54) is 0 Å². The molecule has 0 atom stereocenters. The molecule has 1 aromatic carbocycles. The van der Waals surface area contributed by atoms with Crippen LogP contribution in [0.15, 0.2) is 67.0 Å². The first-order valence-corrected chi connectivity index (χ1v) is 7.39. The van der Waals surface area contributed by atoms with Crippen LogP contribution < -0.4 is 11.5 Å². The largest absolute Gasteiger partial charge is 0.384 e. The Hall–Kier alpha value is -2.59. The molecule has 0 amide bonds. The van der Waals surface area contributed by atoms with Gasteiger partial charge in [0, 0.05) is 37.4 Å². The molecule has 0 aliphatic carbocycles. The Labute approximate surface area is 161 Å². The Balaban J connectivity index is 0.000000349. The van der Waals surface area contributed by atoms with Crippen molar-refractivity contribution in [3.05, 3.63) is 83.7 Å². The fraction of sp³-hybridized carbons (Fsp3) is 0.105. The topological polar surface area (TPSA) is 94.9 Å². The Morgan fingerprint density at radius 3 is 1.52 bits per heavy atom. The van der Waals surface area contributed by atoms with Crippen molar-refractivity contribution in [3.8, 4) is 0 Å². The van der Waals surface area contributed by atoms with Crippen LogP contribution in [0, 0.1) is 13.8 Å². The molecule has 2 heterocycles. The second-order valence-corrected chi connectivity index (χ2v) is 4.94. The van der Waals surface area contributed by atoms with Gasteiger partial charge >= 0.3 is 0 Å². The zero-order valence-electron chi connectivity index (χ0n) is 14.6. The van der Waals surface area contributed by atoms with E-state index in [1.807, 2.05) is 50.2 Å². The number of carbonyl (C=O) groups is 1. The van der Waals surface area contributed by atoms with Gasteiger partial charge in [-0.2, -0.15) is 0 Å². The number of rotatable bonds is 1. The number of aromatic nitrogens is 2. The van der Waals surface area contributed by atoms with Gasteiger partial charge in [0.2, 0.25) is 0 Å². The molecule has 2 aromatic heterocycles. The SMILES string of the molecule is Cc1cccc(C)c1C=O.Nc1cccc(N)n1.[Zn].c1ccncc1. The fourth-order valence-electron chi connectivity index (χ4n) is 1.79. The van der Waals surface area contributed by atoms with E-state index >= 15 is 0 Å². The number of pyridine rings is 2. The Morgan fingerprint density at radius 1 is 0.800 bits per heavy atom. The number of hydrogen-bond acceptors (Lipinski definition) is 5. The Bertz CT molecular complexity index is 687. The molecule has 0 bridgehead atoms. The third kappa shape index (κ3) is 9.33. The zero-order chi connectivity index (χ0) is 17.8. The number of anilines is 2. The summed E-state index contributed by atoms with van der Waals surface area (Å²) in [5.41, 5.74) is 13.5. The van der Waals surface area contributed by atoms with Crippen molar-refractivity contribution in [2.24, 2.45) is 0 Å². The van der Waals surface area contributed by atoms with Crippen LogP contribution in [-0.4, -0.2) is 16.3 Å². The van der Waals surface area contributed by atoms with Crippen molar-refractivity contribution >= 4 is 17.9 Å². The number of aryl methyl sites for hydroxylation is 2. The van der Waals surface area contributed by atoms with Gasteiger partial charge in [0.05, 0.1) is 0 Å². The number of hydrogen-bond donors (Lipinski definition) is 2. The predicted molar refractivity (Wildman–Crippen MR) is 98.6 cm³/mol. The van der Waals surface area contributed by atoms with Crippen molar-refractivity contribution in [1.29, 1.82) is 0 Å². The van der Waals surface area contributed by atoms with E-state index in [9.17, 15) is 4.79 Å². The van der Waals surface area contributed by atoms with Gasteiger partial charge < -0.3 is 11.5 Å². The summed E-state index contributed by atoms with van der Waals surface area (Å²) in [6, 6.07) is 16.7. The average Bonchev–Trinajstić information content (AvgIpc) is 2.58. The Morgan fingerprint density at radius 2 is 1.28 bits per heavy atom. The quantitative estimate of drug-likeness (QED) is 0.492. The fourth-order valence-corrected chi connectivity index (χ4v) is 1.79. The molecule has 126 valence electrons. The first-order chi connectivity index (χ1) is 11.5. The summed E-state index contributed by atoms with van der Waals surface area (Å²) >= 11 is 0. The zero-order valence-corrected chi connectivity index (χ0v) is 17.6. The van der Waals surface area contributed by atoms with Gasteiger partial charge in [0.1, 0.15) is 11.6 Å². The minimum Gasteiger partial charge on any atom is -0.384 e. The van der Waals surface area contributed by atoms with E-state index in [0.717, 1.165) is 23.0 Å². The van der Waals surface area contributed by atoms with Gasteiger partial charge in [0.25, 0.3) is 0 Å². The Kier molecular flexibility index (Phi) is 11.5. The van der Waals surface area contributed by atoms with Crippen molar-refractivity contribution in [1.82, 2.24) is 9.97 Å². The first kappa shape index (κ1) is 22.4. The molecule has 25 heavy (non-hydrogen) atoms. The molecule has 0 fully saturated rings. The summed E-state index contributed by atoms with van der Waals surface area (Å²) in [6.07, 6.45) is 4.41. The second kappa shape index (κ2) is 12.8. The van der Waals surface area contributed by atoms with Crippen molar-refractivity contribution in [2.75, 3.05) is 11.5 Å². The smallest absolute Gasteiger partial charge is 0.150 e. The molecule has 4 N–H and O–H groups in total. The van der Waals surface area contributed by atoms with E-state index in [4.69, 9.17) is 11.5 Å². The third-order valence-electron chi connectivity index (χ3n) is 3.02. The summed E-state index contributed by atoms with van der Waals surface area (Å²) in [6.45, 7) is 3.88. The van der Waals surface area contributed by atoms with Crippen molar-refractivity contribution < 1.29 is 24.3 Å². The van der Waals surface area contributed by atoms with Gasteiger partial charge in [0.15, 0.2) is 6.29 Å². The van der Waals surface area contributed by atoms with Crippen LogP contribution in [0.2, 0.25) is 0 Å². The maximum atomic E-state index is 10.4. The standard InChI is InChI=1S/C9H10O.C5H7N3.C5H5N.Zn/c1-7-4-3-5-8(2)9(7)6-10;6-4-2-1-3-5(7)8-4;1-2-4-6-5-3-1;/h3-6H,1-2H3;1-3H,(H4,6,7,8);1-5H;. The van der Waals surface area contributed by atoms with Crippen LogP contribution in [0.4, 0.5) is 11.6 Å². The van der Waals surface area contributed by atoms with E-state index < -0.39 is 0 Å². The van der Waals surface area contributed by atoms with E-state index in [0.29, 0.717) is 11.6 Å². The van der Waals surface area contributed by atoms with Gasteiger partial charge in [-0.15, -0.1) is 0 Å². The van der Waals surface area contributed by atoms with Crippen LogP contribution in [0.3, 0.4) is 0 Å². The summed E-state index contributed by atoms with van der Waals surface area (Å²) < 4.78 is 0. The normalized spacial score (nSPS) is 8.56. The molecule has 0 aliphatic heterocycles. The number of carbonyl (C=O) groups excluding carboxylic acids is 1. The van der Waals surface area contributed by atoms with Crippen LogP contribution in [0.25, 0.3) is 0 Å². The molecular weight excluding hydrogens is 366 g/mol. The van der Waals surface area contributed by atoms with Gasteiger partial charge in [-0.3, -0.25) is 9.78 Å². The summed E-state index contributed by atoms with van der Waals surface area (Å²) in [5, 5.41) is 0. The number of nitrogen functional groups attached to an aromatic ring is 2. The summed E-state index contributed by atoms with van der Waals surface area (Å²) in [5.74, 6) is 0.926. The van der Waals surface area contributed by atoms with E-state index in [1.54, 1.807) is 30.6 Å². The molecule has 0 spiro atoms. The first-order valence-electron chi connectivity index (χ1n) is 7.39. The minimum absolute atomic E-state index is 0. The summed E-state index contributed by atoms with van der Waals surface area (Å²) in [4.78, 5) is 18.0. The van der Waals surface area contributed by atoms with E-state index in [2.05, 4.69) is 9.97 Å². The molecule has 0 radical (unpaired) electrons. The van der Waals surface area contributed by atoms with Crippen LogP contribution >= 0.6 is 0 Å². The maximum absolute atomic E-state index is 10.4. The van der Waals surface area contributed by atoms with Gasteiger partial charge in [-0.05, 0) is 49.2 Å². The van der Waals surface area contributed by atoms with Gasteiger partial charge in [-0.1, -0.05) is 30.3 Å². The minimum atomic E-state index is 0. The second-order valence-electron chi connectivity index (χ2n) is 4.94. The van der Waals surface area contributed by atoms with Crippen LogP contribution in [0.5, 0.6) is 0 Å². The number of nitrogens with zero attached hydrogens (tertiary/aromatic N) is 2. The van der Waals surface area contributed by atoms with Gasteiger partial charge in [-0.25, -0.2) is 4.98 Å². The molecule has 6 heteroatoms. The molecule has 0 unspecified atom stereocenters. The molecule has 5 nitrogen and oxygen atoms in total. The van der Waals surface area contributed by atoms with Crippen molar-refractivity contribution in [3.63, 3.8) is 0 Å². The van der Waals surface area contributed by atoms with Crippen LogP contribution in [0.1, 0.15) is 21.5 Å². The van der Waals surface area contributed by atoms with E-state index in [-0.39, 0.29) is 19.5 Å². The number of aldehydes is 1. The molecule has 0 saturated carbocycles. The summed E-state index contributed by atoms with van der Waals surface area (Å²) in [7, 11) is 0. The molecule has 3 rings (SSSR count). The number of benzene rings is 1. The molecule has 0 aliphatic rings. The molecular formula is C19H22N4OZn. The average molecular weight is 388 g/mol. The van der Waals surface area contributed by atoms with Crippen LogP contribution in [-0.2, 0) is 19.5 Å². The molecule has 0 saturated heterocycles. The molecule has 3 aromatic rings. The maximum Gasteiger partial charge on any atom is 0.150 e. The number of nitrogens with two attached hydrogens (primary N) is 2. The third-order valence-corrected chi connectivity index (χ3v) is 3.02. The monoisotopic (exact) mass is 386 g/mol. The van der Waals surface area contributed by atoms with Crippen molar-refractivity contribution in [2.45, 2.75) is 13.8 Å².